The van der Waals surface area contributed by atoms with Crippen molar-refractivity contribution in [2.75, 3.05) is 0 Å². The van der Waals surface area contributed by atoms with Gasteiger partial charge in [0.25, 0.3) is 0 Å². The number of phenolic OH excluding ortho intramolecular Hbond substituents is 1. The van der Waals surface area contributed by atoms with Gasteiger partial charge >= 0.3 is 5.97 Å². The third-order valence-electron chi connectivity index (χ3n) is 3.02. The predicted molar refractivity (Wildman–Crippen MR) is 69.4 cm³/mol. The van der Waals surface area contributed by atoms with Crippen molar-refractivity contribution in [2.45, 2.75) is 26.7 Å². The second-order valence-electron chi connectivity index (χ2n) is 4.73. The number of aromatic carboxylic acids is 1. The molecule has 0 amide bonds. The van der Waals surface area contributed by atoms with Crippen LogP contribution in [0.5, 0.6) is 5.75 Å². The zero-order chi connectivity index (χ0) is 14.2. The van der Waals surface area contributed by atoms with Crippen LogP contribution in [0.15, 0.2) is 22.7 Å². The zero-order valence-electron chi connectivity index (χ0n) is 11.0. The number of carboxylic acids is 1. The van der Waals surface area contributed by atoms with Crippen LogP contribution in [0.3, 0.4) is 0 Å². The van der Waals surface area contributed by atoms with Crippen LogP contribution in [0.2, 0.25) is 0 Å². The van der Waals surface area contributed by atoms with Crippen molar-refractivity contribution in [3.63, 3.8) is 0 Å². The van der Waals surface area contributed by atoms with E-state index >= 15 is 0 Å². The number of nitrogens with zero attached hydrogens (tertiary/aromatic N) is 1. The van der Waals surface area contributed by atoms with Crippen LogP contribution in [0.4, 0.5) is 0 Å². The second kappa shape index (κ2) is 4.76. The zero-order valence-corrected chi connectivity index (χ0v) is 11.0. The molecule has 19 heavy (non-hydrogen) atoms. The van der Waals surface area contributed by atoms with Crippen molar-refractivity contribution < 1.29 is 19.5 Å². The molecule has 0 spiro atoms. The summed E-state index contributed by atoms with van der Waals surface area (Å²) >= 11 is 0. The van der Waals surface area contributed by atoms with Gasteiger partial charge in [-0.2, -0.15) is 0 Å². The number of carbonyl (C=O) groups is 1. The minimum atomic E-state index is -1.16. The number of benzene rings is 1. The van der Waals surface area contributed by atoms with Crippen LogP contribution in [-0.2, 0) is 0 Å². The highest BCUT2D eigenvalue weighted by atomic mass is 16.5. The smallest absolute Gasteiger partial charge is 0.358 e. The summed E-state index contributed by atoms with van der Waals surface area (Å²) in [4.78, 5) is 10.8. The lowest BCUT2D eigenvalue weighted by Crippen LogP contribution is -1.95. The molecule has 5 nitrogen and oxygen atoms in total. The fraction of sp³-hybridized carbons (Fsp3) is 0.286. The van der Waals surface area contributed by atoms with E-state index in [4.69, 9.17) is 9.63 Å². The highest BCUT2D eigenvalue weighted by Gasteiger charge is 2.19. The Labute approximate surface area is 110 Å². The average Bonchev–Trinajstić information content (AvgIpc) is 2.78. The molecule has 5 heteroatoms. The Morgan fingerprint density at radius 1 is 1.37 bits per heavy atom. The molecule has 0 saturated carbocycles. The fourth-order valence-electron chi connectivity index (χ4n) is 1.98. The van der Waals surface area contributed by atoms with Gasteiger partial charge in [-0.3, -0.25) is 0 Å². The van der Waals surface area contributed by atoms with E-state index in [0.29, 0.717) is 5.56 Å². The number of rotatable bonds is 3. The molecular formula is C14H15NO4. The minimum Gasteiger partial charge on any atom is -0.507 e. The van der Waals surface area contributed by atoms with E-state index in [1.54, 1.807) is 0 Å². The van der Waals surface area contributed by atoms with Crippen molar-refractivity contribution in [3.05, 3.63) is 35.0 Å². The largest absolute Gasteiger partial charge is 0.507 e. The number of aromatic hydroxyl groups is 1. The number of aromatic nitrogens is 1. The van der Waals surface area contributed by atoms with Gasteiger partial charge in [0, 0.05) is 6.07 Å². The van der Waals surface area contributed by atoms with Gasteiger partial charge in [-0.1, -0.05) is 31.1 Å². The molecule has 100 valence electrons. The molecule has 1 aromatic heterocycles. The van der Waals surface area contributed by atoms with Gasteiger partial charge in [-0.05, 0) is 24.0 Å². The van der Waals surface area contributed by atoms with E-state index in [0.717, 1.165) is 11.1 Å². The molecule has 0 atom stereocenters. The van der Waals surface area contributed by atoms with Crippen LogP contribution in [-0.4, -0.2) is 21.3 Å². The first kappa shape index (κ1) is 13.1. The molecule has 2 aromatic rings. The maximum absolute atomic E-state index is 10.8. The van der Waals surface area contributed by atoms with E-state index < -0.39 is 5.97 Å². The number of hydrogen-bond acceptors (Lipinski definition) is 4. The van der Waals surface area contributed by atoms with Gasteiger partial charge in [-0.15, -0.1) is 0 Å². The SMILES string of the molecule is Cc1ccc(C(C)C)c(O)c1-c1cc(C(=O)O)no1. The molecule has 0 bridgehead atoms. The molecule has 0 saturated heterocycles. The number of phenols is 1. The van der Waals surface area contributed by atoms with Gasteiger partial charge in [-0.25, -0.2) is 4.79 Å². The van der Waals surface area contributed by atoms with Crippen LogP contribution in [0.1, 0.15) is 41.4 Å². The van der Waals surface area contributed by atoms with Crippen LogP contribution < -0.4 is 0 Å². The lowest BCUT2D eigenvalue weighted by atomic mass is 9.95. The van der Waals surface area contributed by atoms with Crippen molar-refractivity contribution >= 4 is 5.97 Å². The lowest BCUT2D eigenvalue weighted by molar-refractivity contribution is 0.0686. The van der Waals surface area contributed by atoms with E-state index in [-0.39, 0.29) is 23.1 Å². The normalized spacial score (nSPS) is 10.9. The first-order valence-electron chi connectivity index (χ1n) is 5.94. The molecule has 1 aromatic carbocycles. The summed E-state index contributed by atoms with van der Waals surface area (Å²) in [6.07, 6.45) is 0. The van der Waals surface area contributed by atoms with Crippen LogP contribution >= 0.6 is 0 Å². The molecule has 0 aliphatic carbocycles. The van der Waals surface area contributed by atoms with Crippen molar-refractivity contribution in [1.82, 2.24) is 5.16 Å². The quantitative estimate of drug-likeness (QED) is 0.886. The fourth-order valence-corrected chi connectivity index (χ4v) is 1.98. The topological polar surface area (TPSA) is 83.6 Å². The summed E-state index contributed by atoms with van der Waals surface area (Å²) in [6, 6.07) is 5.04. The Morgan fingerprint density at radius 3 is 2.58 bits per heavy atom. The Balaban J connectivity index is 2.60. The highest BCUT2D eigenvalue weighted by molar-refractivity contribution is 5.87. The van der Waals surface area contributed by atoms with Gasteiger partial charge in [0.05, 0.1) is 5.56 Å². The van der Waals surface area contributed by atoms with Crippen molar-refractivity contribution in [3.8, 4) is 17.1 Å². The van der Waals surface area contributed by atoms with E-state index in [2.05, 4.69) is 5.16 Å². The van der Waals surface area contributed by atoms with E-state index in [1.807, 2.05) is 32.9 Å². The number of carboxylic acid groups (broad SMARTS) is 1. The van der Waals surface area contributed by atoms with Gasteiger partial charge in [0.15, 0.2) is 11.5 Å². The summed E-state index contributed by atoms with van der Waals surface area (Å²) in [6.45, 7) is 5.76. The molecule has 0 aliphatic heterocycles. The van der Waals surface area contributed by atoms with E-state index in [9.17, 15) is 9.90 Å². The minimum absolute atomic E-state index is 0.114. The van der Waals surface area contributed by atoms with Crippen LogP contribution in [0, 0.1) is 6.92 Å². The Morgan fingerprint density at radius 2 is 2.05 bits per heavy atom. The standard InChI is InChI=1S/C14H15NO4/c1-7(2)9-5-4-8(3)12(13(9)16)11-6-10(14(17)18)15-19-11/h4-7,16H,1-3H3,(H,17,18). The second-order valence-corrected chi connectivity index (χ2v) is 4.73. The third-order valence-corrected chi connectivity index (χ3v) is 3.02. The lowest BCUT2D eigenvalue weighted by Gasteiger charge is -2.13. The molecule has 2 rings (SSSR count). The first-order valence-corrected chi connectivity index (χ1v) is 5.94. The number of hydrogen-bond donors (Lipinski definition) is 2. The summed E-state index contributed by atoms with van der Waals surface area (Å²) < 4.78 is 5.02. The molecule has 2 N–H and O–H groups in total. The van der Waals surface area contributed by atoms with Crippen LogP contribution in [0.25, 0.3) is 11.3 Å². The maximum Gasteiger partial charge on any atom is 0.358 e. The van der Waals surface area contributed by atoms with Gasteiger partial charge < -0.3 is 14.7 Å². The Hall–Kier alpha value is -2.30. The molecule has 0 unspecified atom stereocenters. The summed E-state index contributed by atoms with van der Waals surface area (Å²) in [5, 5.41) is 22.6. The highest BCUT2D eigenvalue weighted by Crippen LogP contribution is 2.38. The third kappa shape index (κ3) is 2.31. The van der Waals surface area contributed by atoms with Gasteiger partial charge in [0.2, 0.25) is 0 Å². The Kier molecular flexibility index (Phi) is 3.29. The maximum atomic E-state index is 10.8. The molecule has 0 radical (unpaired) electrons. The average molecular weight is 261 g/mol. The molecular weight excluding hydrogens is 246 g/mol. The first-order chi connectivity index (χ1) is 8.91. The van der Waals surface area contributed by atoms with E-state index in [1.165, 1.54) is 6.07 Å². The summed E-state index contributed by atoms with van der Waals surface area (Å²) in [7, 11) is 0. The van der Waals surface area contributed by atoms with Gasteiger partial charge in [0.1, 0.15) is 5.75 Å². The van der Waals surface area contributed by atoms with Crippen molar-refractivity contribution in [1.29, 1.82) is 0 Å². The number of aryl methyl sites for hydroxylation is 1. The summed E-state index contributed by atoms with van der Waals surface area (Å²) in [5.41, 5.74) is 1.90. The molecule has 0 fully saturated rings. The molecule has 1 heterocycles. The van der Waals surface area contributed by atoms with Crippen molar-refractivity contribution in [2.24, 2.45) is 0 Å². The monoisotopic (exact) mass is 261 g/mol. The molecule has 0 aliphatic rings. The predicted octanol–water partition coefficient (Wildman–Crippen LogP) is 3.18. The summed E-state index contributed by atoms with van der Waals surface area (Å²) in [5.74, 6) is -0.633. The Bertz CT molecular complexity index is 628.